The summed E-state index contributed by atoms with van der Waals surface area (Å²) in [5.41, 5.74) is 0. The Labute approximate surface area is 121 Å². The van der Waals surface area contributed by atoms with Crippen LogP contribution in [0.2, 0.25) is 0 Å². The summed E-state index contributed by atoms with van der Waals surface area (Å²) in [6.07, 6.45) is 4.65. The first kappa shape index (κ1) is 19.1. The maximum absolute atomic E-state index is 10.5. The number of aliphatic hydroxyl groups is 2. The summed E-state index contributed by atoms with van der Waals surface area (Å²) in [4.78, 5) is 15.0. The molecule has 0 aromatic rings. The number of rotatable bonds is 13. The SMILES string of the molecule is CCCCCCC(O[N+](=O)[O-])C(O)CCC(O)CCC. The lowest BCUT2D eigenvalue weighted by molar-refractivity contribution is -0.771. The predicted molar refractivity (Wildman–Crippen MR) is 76.8 cm³/mol. The molecule has 0 heterocycles. The molecule has 0 radical (unpaired) electrons. The number of hydrogen-bond acceptors (Lipinski definition) is 5. The molecule has 120 valence electrons. The van der Waals surface area contributed by atoms with Crippen molar-refractivity contribution < 1.29 is 20.1 Å². The van der Waals surface area contributed by atoms with E-state index in [4.69, 9.17) is 0 Å². The fourth-order valence-corrected chi connectivity index (χ4v) is 2.22. The highest BCUT2D eigenvalue weighted by Gasteiger charge is 2.23. The van der Waals surface area contributed by atoms with Crippen molar-refractivity contribution in [2.24, 2.45) is 0 Å². The highest BCUT2D eigenvalue weighted by molar-refractivity contribution is 4.70. The van der Waals surface area contributed by atoms with E-state index in [-0.39, 0.29) is 0 Å². The van der Waals surface area contributed by atoms with Crippen LogP contribution in [0.15, 0.2) is 0 Å². The summed E-state index contributed by atoms with van der Waals surface area (Å²) in [7, 11) is 0. The first-order valence-corrected chi connectivity index (χ1v) is 7.68. The monoisotopic (exact) mass is 291 g/mol. The Morgan fingerprint density at radius 3 is 2.25 bits per heavy atom. The minimum Gasteiger partial charge on any atom is -0.393 e. The fourth-order valence-electron chi connectivity index (χ4n) is 2.22. The van der Waals surface area contributed by atoms with Crippen LogP contribution in [-0.2, 0) is 4.84 Å². The molecule has 0 aliphatic rings. The van der Waals surface area contributed by atoms with Gasteiger partial charge in [0, 0.05) is 0 Å². The average molecular weight is 291 g/mol. The molecular weight excluding hydrogens is 262 g/mol. The van der Waals surface area contributed by atoms with E-state index in [9.17, 15) is 20.3 Å². The summed E-state index contributed by atoms with van der Waals surface area (Å²) >= 11 is 0. The van der Waals surface area contributed by atoms with Crippen molar-refractivity contribution >= 4 is 0 Å². The van der Waals surface area contributed by atoms with Crippen LogP contribution in [0.3, 0.4) is 0 Å². The second-order valence-electron chi connectivity index (χ2n) is 5.30. The molecule has 2 N–H and O–H groups in total. The van der Waals surface area contributed by atoms with Gasteiger partial charge in [0.2, 0.25) is 0 Å². The summed E-state index contributed by atoms with van der Waals surface area (Å²) in [6.45, 7) is 4.07. The van der Waals surface area contributed by atoms with E-state index in [2.05, 4.69) is 11.8 Å². The predicted octanol–water partition coefficient (Wildman–Crippen LogP) is 2.84. The van der Waals surface area contributed by atoms with Crippen LogP contribution in [0.1, 0.15) is 71.6 Å². The van der Waals surface area contributed by atoms with Crippen molar-refractivity contribution in [1.82, 2.24) is 0 Å². The third-order valence-corrected chi connectivity index (χ3v) is 3.41. The van der Waals surface area contributed by atoms with Gasteiger partial charge in [0.15, 0.2) is 0 Å². The summed E-state index contributed by atoms with van der Waals surface area (Å²) in [6, 6.07) is 0. The van der Waals surface area contributed by atoms with E-state index < -0.39 is 23.4 Å². The van der Waals surface area contributed by atoms with E-state index in [1.165, 1.54) is 0 Å². The van der Waals surface area contributed by atoms with E-state index in [1.54, 1.807) is 0 Å². The molecule has 6 nitrogen and oxygen atoms in total. The van der Waals surface area contributed by atoms with Crippen LogP contribution in [0.25, 0.3) is 0 Å². The molecule has 0 aromatic heterocycles. The molecular formula is C14H29NO5. The minimum absolute atomic E-state index is 0.327. The van der Waals surface area contributed by atoms with Crippen molar-refractivity contribution in [1.29, 1.82) is 0 Å². The molecule has 0 aliphatic carbocycles. The summed E-state index contributed by atoms with van der Waals surface area (Å²) < 4.78 is 0. The third-order valence-electron chi connectivity index (χ3n) is 3.41. The van der Waals surface area contributed by atoms with Gasteiger partial charge in [-0.15, -0.1) is 10.1 Å². The van der Waals surface area contributed by atoms with Gasteiger partial charge in [-0.3, -0.25) is 0 Å². The molecule has 0 aliphatic heterocycles. The first-order valence-electron chi connectivity index (χ1n) is 7.68. The Kier molecular flexibility index (Phi) is 11.4. The van der Waals surface area contributed by atoms with E-state index in [0.29, 0.717) is 25.7 Å². The quantitative estimate of drug-likeness (QED) is 0.309. The zero-order valence-corrected chi connectivity index (χ0v) is 12.7. The molecule has 0 saturated carbocycles. The van der Waals surface area contributed by atoms with Gasteiger partial charge >= 0.3 is 0 Å². The molecule has 0 bridgehead atoms. The number of unbranched alkanes of at least 4 members (excludes halogenated alkanes) is 3. The van der Waals surface area contributed by atoms with Crippen molar-refractivity contribution in [3.8, 4) is 0 Å². The van der Waals surface area contributed by atoms with E-state index in [0.717, 1.165) is 32.1 Å². The minimum atomic E-state index is -0.895. The van der Waals surface area contributed by atoms with Gasteiger partial charge < -0.3 is 15.1 Å². The lowest BCUT2D eigenvalue weighted by Gasteiger charge is -2.22. The average Bonchev–Trinajstić information content (AvgIpc) is 2.39. The highest BCUT2D eigenvalue weighted by atomic mass is 17.0. The van der Waals surface area contributed by atoms with E-state index >= 15 is 0 Å². The lowest BCUT2D eigenvalue weighted by Crippen LogP contribution is -2.32. The van der Waals surface area contributed by atoms with Gasteiger partial charge in [-0.1, -0.05) is 46.0 Å². The summed E-state index contributed by atoms with van der Waals surface area (Å²) in [5.74, 6) is 0. The molecule has 6 heteroatoms. The van der Waals surface area contributed by atoms with Gasteiger partial charge in [-0.05, 0) is 25.7 Å². The molecule has 0 aromatic carbocycles. The maximum atomic E-state index is 10.5. The fraction of sp³-hybridized carbons (Fsp3) is 1.00. The Morgan fingerprint density at radius 2 is 1.70 bits per heavy atom. The van der Waals surface area contributed by atoms with Crippen LogP contribution in [-0.4, -0.2) is 33.6 Å². The standard InChI is InChI=1S/C14H29NO5/c1-3-5-6-7-9-14(20-15(18)19)13(17)11-10-12(16)8-4-2/h12-14,16-17H,3-11H2,1-2H3. The molecule has 0 rings (SSSR count). The van der Waals surface area contributed by atoms with Gasteiger partial charge in [-0.25, -0.2) is 0 Å². The van der Waals surface area contributed by atoms with Gasteiger partial charge in [0.1, 0.15) is 6.10 Å². The van der Waals surface area contributed by atoms with Crippen LogP contribution in [0.5, 0.6) is 0 Å². The van der Waals surface area contributed by atoms with Crippen molar-refractivity contribution in [2.75, 3.05) is 0 Å². The maximum Gasteiger partial charge on any atom is 0.294 e. The largest absolute Gasteiger partial charge is 0.393 e. The molecule has 0 saturated heterocycles. The summed E-state index contributed by atoms with van der Waals surface area (Å²) in [5, 5.41) is 29.2. The van der Waals surface area contributed by atoms with Crippen molar-refractivity contribution in [3.63, 3.8) is 0 Å². The van der Waals surface area contributed by atoms with Crippen LogP contribution in [0.4, 0.5) is 0 Å². The molecule has 20 heavy (non-hydrogen) atoms. The second-order valence-corrected chi connectivity index (χ2v) is 5.30. The number of nitrogens with zero attached hydrogens (tertiary/aromatic N) is 1. The Balaban J connectivity index is 4.12. The Bertz CT molecular complexity index is 250. The van der Waals surface area contributed by atoms with Gasteiger partial charge in [0.05, 0.1) is 12.2 Å². The lowest BCUT2D eigenvalue weighted by atomic mass is 9.99. The zero-order chi connectivity index (χ0) is 15.4. The molecule has 0 amide bonds. The Hall–Kier alpha value is -0.880. The second kappa shape index (κ2) is 11.9. The van der Waals surface area contributed by atoms with Crippen molar-refractivity contribution in [2.45, 2.75) is 89.9 Å². The van der Waals surface area contributed by atoms with Crippen LogP contribution >= 0.6 is 0 Å². The highest BCUT2D eigenvalue weighted by Crippen LogP contribution is 2.17. The first-order chi connectivity index (χ1) is 9.51. The zero-order valence-electron chi connectivity index (χ0n) is 12.7. The molecule has 3 unspecified atom stereocenters. The topological polar surface area (TPSA) is 92.8 Å². The number of hydrogen-bond donors (Lipinski definition) is 2. The Morgan fingerprint density at radius 1 is 1.00 bits per heavy atom. The van der Waals surface area contributed by atoms with E-state index in [1.807, 2.05) is 6.92 Å². The number of aliphatic hydroxyl groups excluding tert-OH is 2. The smallest absolute Gasteiger partial charge is 0.294 e. The molecule has 0 spiro atoms. The molecule has 0 fully saturated rings. The normalized spacial score (nSPS) is 15.6. The van der Waals surface area contributed by atoms with Crippen LogP contribution in [0, 0.1) is 10.1 Å². The van der Waals surface area contributed by atoms with Crippen molar-refractivity contribution in [3.05, 3.63) is 10.1 Å². The van der Waals surface area contributed by atoms with Gasteiger partial charge in [0.25, 0.3) is 5.09 Å². The third kappa shape index (κ3) is 9.97. The van der Waals surface area contributed by atoms with Crippen LogP contribution < -0.4 is 0 Å². The molecule has 3 atom stereocenters. The van der Waals surface area contributed by atoms with Gasteiger partial charge in [-0.2, -0.15) is 0 Å².